The monoisotopic (exact) mass is 483 g/mol. The normalized spacial score (nSPS) is 10.8. The molecule has 5 nitrogen and oxygen atoms in total. The van der Waals surface area contributed by atoms with Gasteiger partial charge in [-0.15, -0.1) is 0 Å². The first kappa shape index (κ1) is 22.8. The summed E-state index contributed by atoms with van der Waals surface area (Å²) in [5.74, 6) is 0.210. The first-order chi connectivity index (χ1) is 15.9. The van der Waals surface area contributed by atoms with Crippen LogP contribution in [0.15, 0.2) is 72.9 Å². The molecule has 0 unspecified atom stereocenters. The minimum Gasteiger partial charge on any atom is -0.487 e. The van der Waals surface area contributed by atoms with Crippen LogP contribution in [0.2, 0.25) is 10.0 Å². The van der Waals surface area contributed by atoms with E-state index in [-0.39, 0.29) is 19.1 Å². The maximum Gasteiger partial charge on any atom is 0.256 e. The molecular weight excluding hydrogens is 464 g/mol. The SMILES string of the molecule is Cc1ccc(Cl)c(OCc2cccc(C(=O)Nc3ccn(Cc4c(F)cccc4Cl)n3)c2)c1. The van der Waals surface area contributed by atoms with Gasteiger partial charge in [0, 0.05) is 28.4 Å². The van der Waals surface area contributed by atoms with Crippen molar-refractivity contribution in [1.29, 1.82) is 0 Å². The van der Waals surface area contributed by atoms with Crippen LogP contribution in [-0.2, 0) is 13.2 Å². The molecule has 0 aliphatic heterocycles. The highest BCUT2D eigenvalue weighted by Crippen LogP contribution is 2.26. The molecule has 1 N–H and O–H groups in total. The zero-order valence-electron chi connectivity index (χ0n) is 17.7. The van der Waals surface area contributed by atoms with Gasteiger partial charge in [0.2, 0.25) is 0 Å². The molecule has 33 heavy (non-hydrogen) atoms. The number of halogens is 3. The van der Waals surface area contributed by atoms with E-state index in [0.717, 1.165) is 11.1 Å². The molecule has 0 aliphatic rings. The fraction of sp³-hybridized carbons (Fsp3) is 0.120. The third-order valence-electron chi connectivity index (χ3n) is 4.93. The van der Waals surface area contributed by atoms with E-state index in [1.807, 2.05) is 25.1 Å². The lowest BCUT2D eigenvalue weighted by atomic mass is 10.1. The van der Waals surface area contributed by atoms with Gasteiger partial charge in [0.15, 0.2) is 5.82 Å². The number of hydrogen-bond acceptors (Lipinski definition) is 3. The fourth-order valence-corrected chi connectivity index (χ4v) is 3.63. The van der Waals surface area contributed by atoms with Crippen LogP contribution < -0.4 is 10.1 Å². The van der Waals surface area contributed by atoms with Crippen molar-refractivity contribution in [2.45, 2.75) is 20.1 Å². The van der Waals surface area contributed by atoms with Crippen molar-refractivity contribution >= 4 is 34.9 Å². The van der Waals surface area contributed by atoms with E-state index in [9.17, 15) is 9.18 Å². The summed E-state index contributed by atoms with van der Waals surface area (Å²) in [6, 6.07) is 18.8. The van der Waals surface area contributed by atoms with E-state index >= 15 is 0 Å². The van der Waals surface area contributed by atoms with Crippen LogP contribution in [0.4, 0.5) is 10.2 Å². The highest BCUT2D eigenvalue weighted by molar-refractivity contribution is 6.32. The summed E-state index contributed by atoms with van der Waals surface area (Å²) in [5.41, 5.74) is 2.65. The minimum absolute atomic E-state index is 0.149. The van der Waals surface area contributed by atoms with Gasteiger partial charge in [0.25, 0.3) is 5.91 Å². The molecule has 0 saturated heterocycles. The summed E-state index contributed by atoms with van der Waals surface area (Å²) in [6.07, 6.45) is 1.65. The zero-order chi connectivity index (χ0) is 23.4. The number of benzene rings is 3. The summed E-state index contributed by atoms with van der Waals surface area (Å²) < 4.78 is 21.3. The van der Waals surface area contributed by atoms with Gasteiger partial charge >= 0.3 is 0 Å². The summed E-state index contributed by atoms with van der Waals surface area (Å²) in [6.45, 7) is 2.37. The maximum absolute atomic E-state index is 14.0. The largest absolute Gasteiger partial charge is 0.487 e. The summed E-state index contributed by atoms with van der Waals surface area (Å²) in [4.78, 5) is 12.7. The average Bonchev–Trinajstić information content (AvgIpc) is 3.24. The van der Waals surface area contributed by atoms with E-state index in [2.05, 4.69) is 10.4 Å². The molecule has 1 heterocycles. The molecule has 168 valence electrons. The standard InChI is InChI=1S/C25H20Cl2FN3O2/c1-16-8-9-21(27)23(12-16)33-15-17-4-2-5-18(13-17)25(32)29-24-10-11-31(30-24)14-19-20(26)6-3-7-22(19)28/h2-13H,14-15H2,1H3,(H,29,30,32). The van der Waals surface area contributed by atoms with Gasteiger partial charge in [0.05, 0.1) is 11.6 Å². The van der Waals surface area contributed by atoms with E-state index in [1.54, 1.807) is 48.7 Å². The number of anilines is 1. The molecule has 0 atom stereocenters. The van der Waals surface area contributed by atoms with Gasteiger partial charge in [-0.3, -0.25) is 9.48 Å². The Labute approximate surface area is 200 Å². The third kappa shape index (κ3) is 5.72. The van der Waals surface area contributed by atoms with E-state index < -0.39 is 5.82 Å². The van der Waals surface area contributed by atoms with Gasteiger partial charge in [-0.05, 0) is 54.4 Å². The Morgan fingerprint density at radius 1 is 1.06 bits per heavy atom. The minimum atomic E-state index is -0.408. The summed E-state index contributed by atoms with van der Waals surface area (Å²) >= 11 is 12.3. The molecule has 0 aliphatic carbocycles. The first-order valence-corrected chi connectivity index (χ1v) is 10.9. The Morgan fingerprint density at radius 3 is 2.70 bits per heavy atom. The third-order valence-corrected chi connectivity index (χ3v) is 5.60. The Kier molecular flexibility index (Phi) is 6.96. The van der Waals surface area contributed by atoms with Crippen LogP contribution in [0.5, 0.6) is 5.75 Å². The van der Waals surface area contributed by atoms with Gasteiger partial charge in [-0.2, -0.15) is 5.10 Å². The van der Waals surface area contributed by atoms with Crippen LogP contribution in [0.3, 0.4) is 0 Å². The van der Waals surface area contributed by atoms with Crippen LogP contribution in [0.1, 0.15) is 27.0 Å². The predicted molar refractivity (Wildman–Crippen MR) is 128 cm³/mol. The highest BCUT2D eigenvalue weighted by Gasteiger charge is 2.12. The van der Waals surface area contributed by atoms with Crippen molar-refractivity contribution < 1.29 is 13.9 Å². The number of carbonyl (C=O) groups excluding carboxylic acids is 1. The second kappa shape index (κ2) is 10.1. The van der Waals surface area contributed by atoms with Crippen molar-refractivity contribution in [3.63, 3.8) is 0 Å². The van der Waals surface area contributed by atoms with Crippen LogP contribution >= 0.6 is 23.2 Å². The average molecular weight is 484 g/mol. The van der Waals surface area contributed by atoms with Crippen molar-refractivity contribution in [3.05, 3.63) is 111 Å². The number of aryl methyl sites for hydroxylation is 1. The lowest BCUT2D eigenvalue weighted by Gasteiger charge is -2.10. The Morgan fingerprint density at radius 2 is 1.88 bits per heavy atom. The zero-order valence-corrected chi connectivity index (χ0v) is 19.2. The first-order valence-electron chi connectivity index (χ1n) is 10.1. The van der Waals surface area contributed by atoms with E-state index in [4.69, 9.17) is 27.9 Å². The number of aromatic nitrogens is 2. The van der Waals surface area contributed by atoms with E-state index in [0.29, 0.717) is 32.7 Å². The number of nitrogens with zero attached hydrogens (tertiary/aromatic N) is 2. The number of amides is 1. The molecule has 0 bridgehead atoms. The quantitative estimate of drug-likeness (QED) is 0.325. The topological polar surface area (TPSA) is 56.1 Å². The summed E-state index contributed by atoms with van der Waals surface area (Å²) in [5, 5.41) is 7.89. The van der Waals surface area contributed by atoms with Gasteiger partial charge < -0.3 is 10.1 Å². The van der Waals surface area contributed by atoms with Crippen LogP contribution in [-0.4, -0.2) is 15.7 Å². The Hall–Kier alpha value is -3.35. The molecule has 0 radical (unpaired) electrons. The fourth-order valence-electron chi connectivity index (χ4n) is 3.23. The number of carbonyl (C=O) groups is 1. The van der Waals surface area contributed by atoms with Crippen molar-refractivity contribution in [1.82, 2.24) is 9.78 Å². The van der Waals surface area contributed by atoms with E-state index in [1.165, 1.54) is 10.7 Å². The number of ether oxygens (including phenoxy) is 1. The Bertz CT molecular complexity index is 1290. The lowest BCUT2D eigenvalue weighted by Crippen LogP contribution is -2.13. The molecule has 1 aromatic heterocycles. The second-order valence-electron chi connectivity index (χ2n) is 7.48. The number of rotatable bonds is 7. The molecule has 1 amide bonds. The second-order valence-corrected chi connectivity index (χ2v) is 8.29. The molecule has 0 fully saturated rings. The van der Waals surface area contributed by atoms with Crippen LogP contribution in [0, 0.1) is 12.7 Å². The molecule has 8 heteroatoms. The van der Waals surface area contributed by atoms with Crippen molar-refractivity contribution in [2.24, 2.45) is 0 Å². The molecule has 0 saturated carbocycles. The van der Waals surface area contributed by atoms with Crippen LogP contribution in [0.25, 0.3) is 0 Å². The molecule has 0 spiro atoms. The molecular formula is C25H20Cl2FN3O2. The van der Waals surface area contributed by atoms with Crippen molar-refractivity contribution in [3.8, 4) is 5.75 Å². The summed E-state index contributed by atoms with van der Waals surface area (Å²) in [7, 11) is 0. The Balaban J connectivity index is 1.40. The van der Waals surface area contributed by atoms with Gasteiger partial charge in [0.1, 0.15) is 18.2 Å². The maximum atomic E-state index is 14.0. The number of hydrogen-bond donors (Lipinski definition) is 1. The molecule has 4 rings (SSSR count). The van der Waals surface area contributed by atoms with Gasteiger partial charge in [-0.1, -0.05) is 47.5 Å². The number of nitrogens with one attached hydrogen (secondary N) is 1. The highest BCUT2D eigenvalue weighted by atomic mass is 35.5. The lowest BCUT2D eigenvalue weighted by molar-refractivity contribution is 0.102. The smallest absolute Gasteiger partial charge is 0.256 e. The molecule has 3 aromatic carbocycles. The molecule has 4 aromatic rings. The van der Waals surface area contributed by atoms with Gasteiger partial charge in [-0.25, -0.2) is 4.39 Å². The van der Waals surface area contributed by atoms with Crippen molar-refractivity contribution in [2.75, 3.05) is 5.32 Å². The predicted octanol–water partition coefficient (Wildman–Crippen LogP) is 6.52.